The van der Waals surface area contributed by atoms with Gasteiger partial charge in [0.1, 0.15) is 0 Å². The first kappa shape index (κ1) is 15.2. The second kappa shape index (κ2) is 6.94. The molecule has 1 heteroatoms. The fraction of sp³-hybridized carbons (Fsp3) is 0.647. The van der Waals surface area contributed by atoms with E-state index in [-0.39, 0.29) is 5.41 Å². The van der Waals surface area contributed by atoms with E-state index in [0.29, 0.717) is 6.04 Å². The maximum absolute atomic E-state index is 3.59. The molecule has 1 aromatic rings. The molecule has 0 saturated heterocycles. The predicted octanol–water partition coefficient (Wildman–Crippen LogP) is 4.82. The highest BCUT2D eigenvalue weighted by Gasteiger charge is 2.13. The fourth-order valence-electron chi connectivity index (χ4n) is 2.08. The zero-order valence-corrected chi connectivity index (χ0v) is 12.7. The Hall–Kier alpha value is -0.820. The Morgan fingerprint density at radius 1 is 1.06 bits per heavy atom. The van der Waals surface area contributed by atoms with Crippen LogP contribution >= 0.6 is 0 Å². The van der Waals surface area contributed by atoms with E-state index < -0.39 is 0 Å². The quantitative estimate of drug-likeness (QED) is 0.710. The lowest BCUT2D eigenvalue weighted by Gasteiger charge is -2.20. The van der Waals surface area contributed by atoms with Crippen LogP contribution in [0.5, 0.6) is 0 Å². The number of unbranched alkanes of at least 4 members (excludes halogenated alkanes) is 2. The summed E-state index contributed by atoms with van der Waals surface area (Å²) in [6.07, 6.45) is 3.89. The molecule has 0 heterocycles. The first-order chi connectivity index (χ1) is 8.45. The summed E-state index contributed by atoms with van der Waals surface area (Å²) in [6, 6.07) is 9.51. The second-order valence-electron chi connectivity index (χ2n) is 6.25. The minimum Gasteiger partial charge on any atom is -0.310 e. The van der Waals surface area contributed by atoms with Crippen molar-refractivity contribution in [2.24, 2.45) is 0 Å². The van der Waals surface area contributed by atoms with Crippen LogP contribution in [0.2, 0.25) is 0 Å². The van der Waals surface area contributed by atoms with E-state index in [0.717, 1.165) is 6.54 Å². The van der Waals surface area contributed by atoms with Crippen LogP contribution in [0.25, 0.3) is 0 Å². The van der Waals surface area contributed by atoms with Gasteiger partial charge in [0.05, 0.1) is 0 Å². The van der Waals surface area contributed by atoms with E-state index in [4.69, 9.17) is 0 Å². The summed E-state index contributed by atoms with van der Waals surface area (Å²) >= 11 is 0. The molecule has 1 aromatic carbocycles. The molecule has 0 spiro atoms. The van der Waals surface area contributed by atoms with Gasteiger partial charge in [0.15, 0.2) is 0 Å². The molecule has 1 rings (SSSR count). The van der Waals surface area contributed by atoms with Crippen molar-refractivity contribution in [3.05, 3.63) is 35.4 Å². The molecule has 0 saturated carbocycles. The molecule has 0 bridgehead atoms. The summed E-state index contributed by atoms with van der Waals surface area (Å²) in [5.41, 5.74) is 3.04. The van der Waals surface area contributed by atoms with Crippen LogP contribution in [0.4, 0.5) is 0 Å². The SMILES string of the molecule is CCCCCNC(C)c1ccc(C(C)(C)C)cc1. The van der Waals surface area contributed by atoms with Crippen molar-refractivity contribution in [2.75, 3.05) is 6.54 Å². The van der Waals surface area contributed by atoms with Gasteiger partial charge in [-0.25, -0.2) is 0 Å². The summed E-state index contributed by atoms with van der Waals surface area (Å²) in [6.45, 7) is 12.4. The lowest BCUT2D eigenvalue weighted by Crippen LogP contribution is -2.20. The zero-order valence-electron chi connectivity index (χ0n) is 12.7. The summed E-state index contributed by atoms with van der Waals surface area (Å²) in [5, 5.41) is 3.59. The third-order valence-electron chi connectivity index (χ3n) is 3.51. The van der Waals surface area contributed by atoms with E-state index in [1.165, 1.54) is 30.4 Å². The molecule has 1 atom stereocenters. The van der Waals surface area contributed by atoms with Crippen molar-refractivity contribution >= 4 is 0 Å². The van der Waals surface area contributed by atoms with Gasteiger partial charge in [-0.1, -0.05) is 64.8 Å². The van der Waals surface area contributed by atoms with Gasteiger partial charge < -0.3 is 5.32 Å². The Morgan fingerprint density at radius 2 is 1.67 bits per heavy atom. The van der Waals surface area contributed by atoms with Crippen molar-refractivity contribution in [1.29, 1.82) is 0 Å². The minimum atomic E-state index is 0.246. The summed E-state index contributed by atoms with van der Waals surface area (Å²) in [7, 11) is 0. The first-order valence-electron chi connectivity index (χ1n) is 7.29. The van der Waals surface area contributed by atoms with Crippen LogP contribution in [0.3, 0.4) is 0 Å². The maximum atomic E-state index is 3.59. The van der Waals surface area contributed by atoms with Crippen molar-refractivity contribution in [2.45, 2.75) is 65.3 Å². The normalized spacial score (nSPS) is 13.6. The van der Waals surface area contributed by atoms with E-state index in [1.807, 2.05) is 0 Å². The molecule has 0 aromatic heterocycles. The fourth-order valence-corrected chi connectivity index (χ4v) is 2.08. The number of nitrogens with one attached hydrogen (secondary N) is 1. The van der Waals surface area contributed by atoms with Crippen LogP contribution in [0.1, 0.15) is 71.0 Å². The monoisotopic (exact) mass is 247 g/mol. The molecule has 0 aliphatic rings. The highest BCUT2D eigenvalue weighted by molar-refractivity contribution is 5.28. The Kier molecular flexibility index (Phi) is 5.87. The van der Waals surface area contributed by atoms with Gasteiger partial charge in [-0.3, -0.25) is 0 Å². The number of benzene rings is 1. The molecule has 0 aliphatic carbocycles. The van der Waals surface area contributed by atoms with E-state index in [2.05, 4.69) is 64.2 Å². The van der Waals surface area contributed by atoms with Gasteiger partial charge in [-0.2, -0.15) is 0 Å². The molecule has 102 valence electrons. The summed E-state index contributed by atoms with van der Waals surface area (Å²) in [4.78, 5) is 0. The van der Waals surface area contributed by atoms with Crippen molar-refractivity contribution in [1.82, 2.24) is 5.32 Å². The molecule has 1 N–H and O–H groups in total. The van der Waals surface area contributed by atoms with Crippen molar-refractivity contribution in [3.63, 3.8) is 0 Å². The van der Waals surface area contributed by atoms with Gasteiger partial charge in [-0.15, -0.1) is 0 Å². The molecular formula is C17H29N. The van der Waals surface area contributed by atoms with Crippen LogP contribution < -0.4 is 5.32 Å². The van der Waals surface area contributed by atoms with Crippen LogP contribution in [0, 0.1) is 0 Å². The number of rotatable bonds is 6. The van der Waals surface area contributed by atoms with E-state index in [1.54, 1.807) is 0 Å². The Morgan fingerprint density at radius 3 is 2.17 bits per heavy atom. The second-order valence-corrected chi connectivity index (χ2v) is 6.25. The molecule has 0 amide bonds. The van der Waals surface area contributed by atoms with Crippen LogP contribution in [-0.4, -0.2) is 6.54 Å². The summed E-state index contributed by atoms with van der Waals surface area (Å²) < 4.78 is 0. The maximum Gasteiger partial charge on any atom is 0.0291 e. The highest BCUT2D eigenvalue weighted by Crippen LogP contribution is 2.23. The largest absolute Gasteiger partial charge is 0.310 e. The zero-order chi connectivity index (χ0) is 13.6. The van der Waals surface area contributed by atoms with E-state index >= 15 is 0 Å². The smallest absolute Gasteiger partial charge is 0.0291 e. The lowest BCUT2D eigenvalue weighted by atomic mass is 9.86. The topological polar surface area (TPSA) is 12.0 Å². The van der Waals surface area contributed by atoms with Gasteiger partial charge >= 0.3 is 0 Å². The molecular weight excluding hydrogens is 218 g/mol. The Balaban J connectivity index is 2.51. The average Bonchev–Trinajstić information content (AvgIpc) is 2.33. The molecule has 0 aliphatic heterocycles. The standard InChI is InChI=1S/C17H29N/c1-6-7-8-13-18-14(2)15-9-11-16(12-10-15)17(3,4)5/h9-12,14,18H,6-8,13H2,1-5H3. The molecule has 0 fully saturated rings. The van der Waals surface area contributed by atoms with E-state index in [9.17, 15) is 0 Å². The van der Waals surface area contributed by atoms with Crippen molar-refractivity contribution in [3.8, 4) is 0 Å². The van der Waals surface area contributed by atoms with Crippen LogP contribution in [0.15, 0.2) is 24.3 Å². The molecule has 0 radical (unpaired) electrons. The van der Waals surface area contributed by atoms with Gasteiger partial charge in [0.2, 0.25) is 0 Å². The minimum absolute atomic E-state index is 0.246. The Bertz CT molecular complexity index is 332. The number of hydrogen-bond donors (Lipinski definition) is 1. The van der Waals surface area contributed by atoms with Gasteiger partial charge in [0, 0.05) is 6.04 Å². The lowest BCUT2D eigenvalue weighted by molar-refractivity contribution is 0.542. The van der Waals surface area contributed by atoms with Gasteiger partial charge in [-0.05, 0) is 36.4 Å². The van der Waals surface area contributed by atoms with Crippen LogP contribution in [-0.2, 0) is 5.41 Å². The average molecular weight is 247 g/mol. The molecule has 1 unspecified atom stereocenters. The third kappa shape index (κ3) is 4.81. The van der Waals surface area contributed by atoms with Gasteiger partial charge in [0.25, 0.3) is 0 Å². The molecule has 1 nitrogen and oxygen atoms in total. The Labute approximate surface area is 113 Å². The third-order valence-corrected chi connectivity index (χ3v) is 3.51. The molecule has 18 heavy (non-hydrogen) atoms. The van der Waals surface area contributed by atoms with Crippen molar-refractivity contribution < 1.29 is 0 Å². The number of hydrogen-bond acceptors (Lipinski definition) is 1. The summed E-state index contributed by atoms with van der Waals surface area (Å²) in [5.74, 6) is 0. The first-order valence-corrected chi connectivity index (χ1v) is 7.29. The predicted molar refractivity (Wildman–Crippen MR) is 81.1 cm³/mol. The highest BCUT2D eigenvalue weighted by atomic mass is 14.9.